The van der Waals surface area contributed by atoms with Crippen LogP contribution in [0.5, 0.6) is 0 Å². The van der Waals surface area contributed by atoms with E-state index in [1.165, 1.54) is 14.2 Å². The standard InChI is InChI=1S/C14H14BrN3S/c1-9-11(15)6-10(19-9)7-16-8-14-17-12-4-2-3-5-13(12)18-14/h2-6,16H,7-8H2,1H3,(H,17,18). The Labute approximate surface area is 124 Å². The third-order valence-corrected chi connectivity index (χ3v) is 5.07. The minimum atomic E-state index is 0.753. The highest BCUT2D eigenvalue weighted by atomic mass is 79.9. The number of H-pyrrole nitrogens is 1. The highest BCUT2D eigenvalue weighted by Crippen LogP contribution is 2.26. The van der Waals surface area contributed by atoms with Crippen LogP contribution >= 0.6 is 27.3 Å². The van der Waals surface area contributed by atoms with Crippen LogP contribution in [0.3, 0.4) is 0 Å². The zero-order chi connectivity index (χ0) is 13.2. The maximum absolute atomic E-state index is 4.54. The molecule has 0 spiro atoms. The number of nitrogens with zero attached hydrogens (tertiary/aromatic N) is 1. The molecule has 2 N–H and O–H groups in total. The van der Waals surface area contributed by atoms with E-state index >= 15 is 0 Å². The van der Waals surface area contributed by atoms with Crippen molar-refractivity contribution in [3.8, 4) is 0 Å². The van der Waals surface area contributed by atoms with Crippen LogP contribution in [0.15, 0.2) is 34.8 Å². The molecule has 3 aromatic rings. The molecule has 0 aliphatic rings. The smallest absolute Gasteiger partial charge is 0.121 e. The quantitative estimate of drug-likeness (QED) is 0.756. The van der Waals surface area contributed by atoms with E-state index in [9.17, 15) is 0 Å². The molecule has 0 unspecified atom stereocenters. The van der Waals surface area contributed by atoms with E-state index in [-0.39, 0.29) is 0 Å². The van der Waals surface area contributed by atoms with Gasteiger partial charge in [-0.25, -0.2) is 4.98 Å². The SMILES string of the molecule is Cc1sc(CNCc2nc3ccccc3[nH]2)cc1Br. The van der Waals surface area contributed by atoms with Crippen molar-refractivity contribution in [3.05, 3.63) is 50.4 Å². The second kappa shape index (κ2) is 5.45. The predicted octanol–water partition coefficient (Wildman–Crippen LogP) is 3.99. The molecule has 0 radical (unpaired) electrons. The number of nitrogens with one attached hydrogen (secondary N) is 2. The van der Waals surface area contributed by atoms with Gasteiger partial charge >= 0.3 is 0 Å². The Balaban J connectivity index is 1.63. The summed E-state index contributed by atoms with van der Waals surface area (Å²) in [6.07, 6.45) is 0. The highest BCUT2D eigenvalue weighted by Gasteiger charge is 2.04. The number of aryl methyl sites for hydroxylation is 1. The monoisotopic (exact) mass is 335 g/mol. The lowest BCUT2D eigenvalue weighted by molar-refractivity contribution is 0.677. The summed E-state index contributed by atoms with van der Waals surface area (Å²) in [6, 6.07) is 10.3. The average Bonchev–Trinajstić information content (AvgIpc) is 2.93. The second-order valence-electron chi connectivity index (χ2n) is 4.42. The van der Waals surface area contributed by atoms with Crippen molar-refractivity contribution in [1.29, 1.82) is 0 Å². The number of para-hydroxylation sites is 2. The Kier molecular flexibility index (Phi) is 3.68. The number of aromatic nitrogens is 2. The Morgan fingerprint density at radius 2 is 2.16 bits per heavy atom. The zero-order valence-corrected chi connectivity index (χ0v) is 12.9. The van der Waals surface area contributed by atoms with Crippen molar-refractivity contribution in [2.45, 2.75) is 20.0 Å². The first-order valence-corrected chi connectivity index (χ1v) is 7.72. The number of aromatic amines is 1. The third-order valence-electron chi connectivity index (χ3n) is 2.94. The van der Waals surface area contributed by atoms with Crippen LogP contribution in [0.1, 0.15) is 15.6 Å². The minimum absolute atomic E-state index is 0.753. The molecule has 0 aliphatic heterocycles. The van der Waals surface area contributed by atoms with Gasteiger partial charge in [-0.2, -0.15) is 0 Å². The van der Waals surface area contributed by atoms with Crippen LogP contribution in [0.2, 0.25) is 0 Å². The summed E-state index contributed by atoms with van der Waals surface area (Å²) < 4.78 is 1.19. The van der Waals surface area contributed by atoms with Crippen LogP contribution in [0, 0.1) is 6.92 Å². The zero-order valence-electron chi connectivity index (χ0n) is 10.5. The predicted molar refractivity (Wildman–Crippen MR) is 83.4 cm³/mol. The lowest BCUT2D eigenvalue weighted by Gasteiger charge is -1.99. The second-order valence-corrected chi connectivity index (χ2v) is 6.62. The fourth-order valence-electron chi connectivity index (χ4n) is 2.00. The van der Waals surface area contributed by atoms with Crippen LogP contribution in [-0.4, -0.2) is 9.97 Å². The van der Waals surface area contributed by atoms with Crippen molar-refractivity contribution in [1.82, 2.24) is 15.3 Å². The molecular weight excluding hydrogens is 322 g/mol. The van der Waals surface area contributed by atoms with E-state index < -0.39 is 0 Å². The molecule has 1 aromatic carbocycles. The number of rotatable bonds is 4. The van der Waals surface area contributed by atoms with Gasteiger partial charge in [0.2, 0.25) is 0 Å². The molecule has 3 rings (SSSR count). The van der Waals surface area contributed by atoms with Crippen LogP contribution in [0.25, 0.3) is 11.0 Å². The number of benzene rings is 1. The van der Waals surface area contributed by atoms with Crippen molar-refractivity contribution in [3.63, 3.8) is 0 Å². The largest absolute Gasteiger partial charge is 0.341 e. The van der Waals surface area contributed by atoms with E-state index in [0.717, 1.165) is 29.9 Å². The fraction of sp³-hybridized carbons (Fsp3) is 0.214. The van der Waals surface area contributed by atoms with Crippen LogP contribution < -0.4 is 5.32 Å². The maximum atomic E-state index is 4.54. The summed E-state index contributed by atoms with van der Waals surface area (Å²) in [6.45, 7) is 3.74. The van der Waals surface area contributed by atoms with Gasteiger partial charge in [-0.05, 0) is 41.1 Å². The molecule has 0 saturated carbocycles. The summed E-state index contributed by atoms with van der Waals surface area (Å²) in [5.41, 5.74) is 2.11. The number of halogens is 1. The molecule has 0 bridgehead atoms. The van der Waals surface area contributed by atoms with Gasteiger partial charge in [0.05, 0.1) is 17.6 Å². The minimum Gasteiger partial charge on any atom is -0.341 e. The van der Waals surface area contributed by atoms with Gasteiger partial charge in [-0.3, -0.25) is 0 Å². The van der Waals surface area contributed by atoms with Gasteiger partial charge < -0.3 is 10.3 Å². The first-order valence-electron chi connectivity index (χ1n) is 6.11. The lowest BCUT2D eigenvalue weighted by Crippen LogP contribution is -2.12. The average molecular weight is 336 g/mol. The Morgan fingerprint density at radius 3 is 2.89 bits per heavy atom. The molecule has 98 valence electrons. The molecule has 0 amide bonds. The summed E-state index contributed by atoms with van der Waals surface area (Å²) >= 11 is 5.35. The van der Waals surface area contributed by atoms with E-state index in [0.29, 0.717) is 0 Å². The number of hydrogen-bond acceptors (Lipinski definition) is 3. The highest BCUT2D eigenvalue weighted by molar-refractivity contribution is 9.10. The topological polar surface area (TPSA) is 40.7 Å². The lowest BCUT2D eigenvalue weighted by atomic mass is 10.3. The van der Waals surface area contributed by atoms with E-state index in [1.807, 2.05) is 35.6 Å². The number of thiophene rings is 1. The molecule has 0 fully saturated rings. The van der Waals surface area contributed by atoms with E-state index in [1.54, 1.807) is 0 Å². The van der Waals surface area contributed by atoms with Crippen molar-refractivity contribution >= 4 is 38.3 Å². The van der Waals surface area contributed by atoms with Crippen molar-refractivity contribution in [2.75, 3.05) is 0 Å². The number of hydrogen-bond donors (Lipinski definition) is 2. The molecule has 2 aromatic heterocycles. The summed E-state index contributed by atoms with van der Waals surface area (Å²) in [7, 11) is 0. The molecule has 3 nitrogen and oxygen atoms in total. The van der Waals surface area contributed by atoms with Gasteiger partial charge in [0.1, 0.15) is 5.82 Å². The molecule has 0 atom stereocenters. The van der Waals surface area contributed by atoms with Crippen LogP contribution in [0.4, 0.5) is 0 Å². The summed E-state index contributed by atoms with van der Waals surface area (Å²) in [5, 5.41) is 3.42. The van der Waals surface area contributed by atoms with Gasteiger partial charge in [0.25, 0.3) is 0 Å². The summed E-state index contributed by atoms with van der Waals surface area (Å²) in [5.74, 6) is 0.980. The summed E-state index contributed by atoms with van der Waals surface area (Å²) in [4.78, 5) is 10.5. The van der Waals surface area contributed by atoms with Crippen molar-refractivity contribution in [2.24, 2.45) is 0 Å². The molecule has 0 saturated heterocycles. The maximum Gasteiger partial charge on any atom is 0.121 e. The van der Waals surface area contributed by atoms with E-state index in [2.05, 4.69) is 44.2 Å². The normalized spacial score (nSPS) is 11.3. The first kappa shape index (κ1) is 12.8. The fourth-order valence-corrected chi connectivity index (χ4v) is 3.57. The van der Waals surface area contributed by atoms with Crippen molar-refractivity contribution < 1.29 is 0 Å². The Morgan fingerprint density at radius 1 is 1.32 bits per heavy atom. The van der Waals surface area contributed by atoms with Gasteiger partial charge in [-0.1, -0.05) is 12.1 Å². The first-order chi connectivity index (χ1) is 9.22. The molecular formula is C14H14BrN3S. The number of fused-ring (bicyclic) bond motifs is 1. The Hall–Kier alpha value is -1.17. The molecule has 5 heteroatoms. The van der Waals surface area contributed by atoms with Gasteiger partial charge in [0, 0.05) is 20.8 Å². The van der Waals surface area contributed by atoms with Crippen LogP contribution in [-0.2, 0) is 13.1 Å². The number of imidazole rings is 1. The third kappa shape index (κ3) is 2.88. The van der Waals surface area contributed by atoms with E-state index in [4.69, 9.17) is 0 Å². The van der Waals surface area contributed by atoms with Gasteiger partial charge in [-0.15, -0.1) is 11.3 Å². The molecule has 19 heavy (non-hydrogen) atoms. The molecule has 0 aliphatic carbocycles. The Bertz CT molecular complexity index is 649. The van der Waals surface area contributed by atoms with Gasteiger partial charge in [0.15, 0.2) is 0 Å². The molecule has 2 heterocycles.